The first-order valence-electron chi connectivity index (χ1n) is 6.02. The fourth-order valence-corrected chi connectivity index (χ4v) is 2.05. The third-order valence-electron chi connectivity index (χ3n) is 3.03. The maximum absolute atomic E-state index is 13.9. The fraction of sp³-hybridized carbons (Fsp3) is 0.417. The van der Waals surface area contributed by atoms with E-state index >= 15 is 0 Å². The molecule has 2 rings (SSSR count). The second-order valence-electron chi connectivity index (χ2n) is 4.51. The lowest BCUT2D eigenvalue weighted by molar-refractivity contribution is -0.114. The first-order valence-corrected chi connectivity index (χ1v) is 6.02. The number of carbonyl (C=O) groups excluding carboxylic acids is 1. The van der Waals surface area contributed by atoms with Gasteiger partial charge in [0.25, 0.3) is 0 Å². The number of hydroxylamine groups is 2. The summed E-state index contributed by atoms with van der Waals surface area (Å²) in [7, 11) is 0. The molecular formula is C12H17FN4O2. The van der Waals surface area contributed by atoms with Crippen LogP contribution in [0, 0.1) is 5.82 Å². The second-order valence-corrected chi connectivity index (χ2v) is 4.51. The highest BCUT2D eigenvalue weighted by Gasteiger charge is 2.19. The Morgan fingerprint density at radius 2 is 2.00 bits per heavy atom. The molecule has 0 aromatic heterocycles. The van der Waals surface area contributed by atoms with E-state index in [1.807, 2.05) is 4.90 Å². The van der Waals surface area contributed by atoms with Gasteiger partial charge in [0.2, 0.25) is 5.91 Å². The number of carbonyl (C=O) groups is 1. The molecule has 0 bridgehead atoms. The quantitative estimate of drug-likeness (QED) is 0.694. The number of hydrogen-bond acceptors (Lipinski definition) is 5. The maximum atomic E-state index is 13.9. The zero-order chi connectivity index (χ0) is 14.0. The summed E-state index contributed by atoms with van der Waals surface area (Å²) < 4.78 is 13.9. The van der Waals surface area contributed by atoms with E-state index in [2.05, 4.69) is 5.32 Å². The van der Waals surface area contributed by atoms with Crippen LogP contribution in [-0.4, -0.2) is 42.4 Å². The lowest BCUT2D eigenvalue weighted by Crippen LogP contribution is -2.45. The van der Waals surface area contributed by atoms with E-state index in [1.165, 1.54) is 24.1 Å². The molecule has 6 nitrogen and oxygen atoms in total. The summed E-state index contributed by atoms with van der Waals surface area (Å²) in [6.45, 7) is 3.28. The molecule has 1 aromatic carbocycles. The van der Waals surface area contributed by atoms with Gasteiger partial charge in [-0.3, -0.25) is 4.79 Å². The van der Waals surface area contributed by atoms with Crippen LogP contribution in [0.2, 0.25) is 0 Å². The highest BCUT2D eigenvalue weighted by atomic mass is 19.1. The van der Waals surface area contributed by atoms with Gasteiger partial charge in [0.05, 0.1) is 17.1 Å². The minimum atomic E-state index is -0.432. The van der Waals surface area contributed by atoms with Gasteiger partial charge in [0, 0.05) is 39.2 Å². The van der Waals surface area contributed by atoms with Crippen molar-refractivity contribution in [3.05, 3.63) is 17.9 Å². The first kappa shape index (κ1) is 13.6. The molecule has 1 aromatic rings. The Hall–Kier alpha value is -1.86. The van der Waals surface area contributed by atoms with Crippen LogP contribution in [0.1, 0.15) is 6.92 Å². The Kier molecular flexibility index (Phi) is 3.87. The van der Waals surface area contributed by atoms with Crippen LogP contribution in [-0.2, 0) is 4.79 Å². The Bertz CT molecular complexity index is 487. The van der Waals surface area contributed by atoms with Crippen LogP contribution in [0.3, 0.4) is 0 Å². The van der Waals surface area contributed by atoms with Crippen molar-refractivity contribution in [3.63, 3.8) is 0 Å². The lowest BCUT2D eigenvalue weighted by Gasteiger charge is -2.33. The largest absolute Gasteiger partial charge is 0.397 e. The summed E-state index contributed by atoms with van der Waals surface area (Å²) in [6, 6.07) is 2.73. The number of anilines is 3. The number of halogens is 1. The van der Waals surface area contributed by atoms with E-state index in [9.17, 15) is 14.4 Å². The second kappa shape index (κ2) is 5.41. The molecule has 0 spiro atoms. The van der Waals surface area contributed by atoms with E-state index in [0.29, 0.717) is 37.6 Å². The number of rotatable bonds is 2. The molecule has 4 N–H and O–H groups in total. The van der Waals surface area contributed by atoms with Crippen molar-refractivity contribution in [2.75, 3.05) is 42.1 Å². The van der Waals surface area contributed by atoms with E-state index in [-0.39, 0.29) is 11.6 Å². The summed E-state index contributed by atoms with van der Waals surface area (Å²) >= 11 is 0. The van der Waals surface area contributed by atoms with E-state index < -0.39 is 5.82 Å². The van der Waals surface area contributed by atoms with Crippen LogP contribution in [0.15, 0.2) is 12.1 Å². The summed E-state index contributed by atoms with van der Waals surface area (Å²) in [6.07, 6.45) is 0. The van der Waals surface area contributed by atoms with E-state index in [4.69, 9.17) is 5.73 Å². The topological polar surface area (TPSA) is 81.8 Å². The van der Waals surface area contributed by atoms with Gasteiger partial charge in [-0.25, -0.2) is 4.39 Å². The van der Waals surface area contributed by atoms with Gasteiger partial charge in [0.1, 0.15) is 5.82 Å². The summed E-state index contributed by atoms with van der Waals surface area (Å²) in [5, 5.41) is 13.1. The van der Waals surface area contributed by atoms with Crippen molar-refractivity contribution >= 4 is 23.0 Å². The van der Waals surface area contributed by atoms with Gasteiger partial charge in [0.15, 0.2) is 0 Å². The van der Waals surface area contributed by atoms with Crippen molar-refractivity contribution in [2.24, 2.45) is 0 Å². The molecule has 0 unspecified atom stereocenters. The van der Waals surface area contributed by atoms with Crippen molar-refractivity contribution in [2.45, 2.75) is 6.92 Å². The number of amides is 1. The highest BCUT2D eigenvalue weighted by Crippen LogP contribution is 2.29. The van der Waals surface area contributed by atoms with Crippen molar-refractivity contribution in [1.82, 2.24) is 5.06 Å². The summed E-state index contributed by atoms with van der Waals surface area (Å²) in [5.41, 5.74) is 6.64. The third-order valence-corrected chi connectivity index (χ3v) is 3.03. The molecule has 1 amide bonds. The predicted octanol–water partition coefficient (Wildman–Crippen LogP) is 0.877. The molecule has 1 saturated heterocycles. The van der Waals surface area contributed by atoms with Crippen molar-refractivity contribution in [3.8, 4) is 0 Å². The van der Waals surface area contributed by atoms with Gasteiger partial charge in [-0.1, -0.05) is 0 Å². The summed E-state index contributed by atoms with van der Waals surface area (Å²) in [4.78, 5) is 12.9. The minimum Gasteiger partial charge on any atom is -0.397 e. The molecule has 1 fully saturated rings. The van der Waals surface area contributed by atoms with E-state index in [0.717, 1.165) is 0 Å². The zero-order valence-electron chi connectivity index (χ0n) is 10.7. The molecule has 19 heavy (non-hydrogen) atoms. The van der Waals surface area contributed by atoms with Gasteiger partial charge in [-0.05, 0) is 6.07 Å². The third kappa shape index (κ3) is 3.12. The maximum Gasteiger partial charge on any atom is 0.221 e. The molecule has 1 heterocycles. The predicted molar refractivity (Wildman–Crippen MR) is 70.7 cm³/mol. The van der Waals surface area contributed by atoms with Gasteiger partial charge in [-0.15, -0.1) is 0 Å². The molecule has 104 valence electrons. The average molecular weight is 268 g/mol. The number of nitrogens with one attached hydrogen (secondary N) is 1. The first-order chi connectivity index (χ1) is 8.97. The molecule has 1 aliphatic rings. The number of hydrogen-bond donors (Lipinski definition) is 3. The van der Waals surface area contributed by atoms with Crippen LogP contribution >= 0.6 is 0 Å². The molecular weight excluding hydrogens is 251 g/mol. The van der Waals surface area contributed by atoms with Gasteiger partial charge in [-0.2, -0.15) is 5.06 Å². The zero-order valence-corrected chi connectivity index (χ0v) is 10.7. The Morgan fingerprint density at radius 3 is 2.58 bits per heavy atom. The smallest absolute Gasteiger partial charge is 0.221 e. The Balaban J connectivity index is 2.26. The standard InChI is InChI=1S/C12H17FN4O2/c1-8(18)15-11-7-12(9(13)6-10(11)14)16-2-4-17(19)5-3-16/h6-7,19H,2-5,14H2,1H3,(H,15,18). The number of nitrogen functional groups attached to an aromatic ring is 1. The van der Waals surface area contributed by atoms with Gasteiger partial charge >= 0.3 is 0 Å². The number of piperazine rings is 1. The Labute approximate surface area is 110 Å². The number of nitrogens with zero attached hydrogens (tertiary/aromatic N) is 2. The number of benzene rings is 1. The van der Waals surface area contributed by atoms with Crippen LogP contribution in [0.4, 0.5) is 21.5 Å². The molecule has 0 saturated carbocycles. The van der Waals surface area contributed by atoms with Crippen molar-refractivity contribution in [1.29, 1.82) is 0 Å². The molecule has 0 radical (unpaired) electrons. The highest BCUT2D eigenvalue weighted by molar-refractivity contribution is 5.93. The fourth-order valence-electron chi connectivity index (χ4n) is 2.05. The molecule has 7 heteroatoms. The Morgan fingerprint density at radius 1 is 1.37 bits per heavy atom. The van der Waals surface area contributed by atoms with Crippen LogP contribution in [0.5, 0.6) is 0 Å². The number of nitrogens with two attached hydrogens (primary N) is 1. The average Bonchev–Trinajstić information content (AvgIpc) is 2.33. The normalized spacial score (nSPS) is 16.5. The van der Waals surface area contributed by atoms with Crippen molar-refractivity contribution < 1.29 is 14.4 Å². The van der Waals surface area contributed by atoms with Crippen LogP contribution in [0.25, 0.3) is 0 Å². The van der Waals surface area contributed by atoms with Gasteiger partial charge < -0.3 is 21.2 Å². The molecule has 1 aliphatic heterocycles. The van der Waals surface area contributed by atoms with E-state index in [1.54, 1.807) is 0 Å². The molecule has 0 aliphatic carbocycles. The summed E-state index contributed by atoms with van der Waals surface area (Å²) in [5.74, 6) is -0.692. The monoisotopic (exact) mass is 268 g/mol. The SMILES string of the molecule is CC(=O)Nc1cc(N2CCN(O)CC2)c(F)cc1N. The molecule has 0 atom stereocenters. The minimum absolute atomic E-state index is 0.192. The lowest BCUT2D eigenvalue weighted by atomic mass is 10.2. The van der Waals surface area contributed by atoms with Crippen LogP contribution < -0.4 is 16.0 Å².